The molecule has 0 unspecified atom stereocenters. The van der Waals surface area contributed by atoms with Crippen LogP contribution in [0.3, 0.4) is 0 Å². The molecule has 1 fully saturated rings. The van der Waals surface area contributed by atoms with Crippen LogP contribution in [0, 0.1) is 6.92 Å². The molecule has 106 valence electrons. The highest BCUT2D eigenvalue weighted by Crippen LogP contribution is 2.29. The molecule has 2 aromatic rings. The largest absolute Gasteiger partial charge is 0.508 e. The lowest BCUT2D eigenvalue weighted by Gasteiger charge is -2.31. The van der Waals surface area contributed by atoms with Gasteiger partial charge in [-0.3, -0.25) is 4.90 Å². The molecule has 1 N–H and O–H groups in total. The Balaban J connectivity index is 1.55. The summed E-state index contributed by atoms with van der Waals surface area (Å²) in [5.74, 6) is 2.31. The van der Waals surface area contributed by atoms with Gasteiger partial charge in [0.2, 0.25) is 5.89 Å². The number of nitrogens with zero attached hydrogens (tertiary/aromatic N) is 3. The molecule has 2 heterocycles. The SMILES string of the molecule is Cc1nc(CN2CCC(c3ccc(O)cc3)CC2)no1. The number of likely N-dealkylation sites (tertiary alicyclic amines) is 1. The second-order valence-corrected chi connectivity index (χ2v) is 5.37. The molecule has 1 aliphatic rings. The number of aryl methyl sites for hydroxylation is 1. The van der Waals surface area contributed by atoms with Crippen LogP contribution in [0.2, 0.25) is 0 Å². The molecule has 5 heteroatoms. The quantitative estimate of drug-likeness (QED) is 0.930. The lowest BCUT2D eigenvalue weighted by molar-refractivity contribution is 0.198. The Bertz CT molecular complexity index is 557. The Morgan fingerprint density at radius 2 is 1.95 bits per heavy atom. The fraction of sp³-hybridized carbons (Fsp3) is 0.467. The predicted octanol–water partition coefficient (Wildman–Crippen LogP) is 2.46. The van der Waals surface area contributed by atoms with Gasteiger partial charge >= 0.3 is 0 Å². The molecule has 0 saturated carbocycles. The summed E-state index contributed by atoms with van der Waals surface area (Å²) in [6.45, 7) is 4.66. The van der Waals surface area contributed by atoms with E-state index in [1.54, 1.807) is 12.1 Å². The van der Waals surface area contributed by atoms with Crippen LogP contribution in [0.25, 0.3) is 0 Å². The van der Waals surface area contributed by atoms with Crippen molar-refractivity contribution in [1.82, 2.24) is 15.0 Å². The summed E-state index contributed by atoms with van der Waals surface area (Å²) >= 11 is 0. The van der Waals surface area contributed by atoms with Crippen LogP contribution in [0.5, 0.6) is 5.75 Å². The number of piperidine rings is 1. The number of aromatic hydroxyl groups is 1. The van der Waals surface area contributed by atoms with Gasteiger partial charge < -0.3 is 9.63 Å². The predicted molar refractivity (Wildman–Crippen MR) is 74.4 cm³/mol. The van der Waals surface area contributed by atoms with Gasteiger partial charge in [-0.2, -0.15) is 4.98 Å². The molecule has 0 atom stereocenters. The van der Waals surface area contributed by atoms with Crippen LogP contribution in [-0.2, 0) is 6.54 Å². The Morgan fingerprint density at radius 1 is 1.25 bits per heavy atom. The summed E-state index contributed by atoms with van der Waals surface area (Å²) in [6.07, 6.45) is 2.25. The van der Waals surface area contributed by atoms with Gasteiger partial charge in [0.15, 0.2) is 5.82 Å². The summed E-state index contributed by atoms with van der Waals surface area (Å²) in [7, 11) is 0. The van der Waals surface area contributed by atoms with Crippen molar-refractivity contribution in [3.8, 4) is 5.75 Å². The first-order chi connectivity index (χ1) is 9.70. The lowest BCUT2D eigenvalue weighted by Crippen LogP contribution is -2.32. The number of phenols is 1. The summed E-state index contributed by atoms with van der Waals surface area (Å²) in [6, 6.07) is 7.59. The van der Waals surface area contributed by atoms with Crippen molar-refractivity contribution in [2.45, 2.75) is 32.2 Å². The number of rotatable bonds is 3. The van der Waals surface area contributed by atoms with E-state index in [0.29, 0.717) is 17.6 Å². The van der Waals surface area contributed by atoms with Crippen molar-refractivity contribution in [3.63, 3.8) is 0 Å². The van der Waals surface area contributed by atoms with Crippen LogP contribution in [0.4, 0.5) is 0 Å². The number of hydrogen-bond acceptors (Lipinski definition) is 5. The molecule has 20 heavy (non-hydrogen) atoms. The van der Waals surface area contributed by atoms with Gasteiger partial charge in [0, 0.05) is 6.92 Å². The van der Waals surface area contributed by atoms with Gasteiger partial charge in [-0.25, -0.2) is 0 Å². The molecule has 1 aromatic carbocycles. The third-order valence-corrected chi connectivity index (χ3v) is 3.89. The standard InChI is InChI=1S/C15H19N3O2/c1-11-16-15(17-20-11)10-18-8-6-13(7-9-18)12-2-4-14(19)5-3-12/h2-5,13,19H,6-10H2,1H3. The minimum atomic E-state index is 0.332. The molecular formula is C15H19N3O2. The van der Waals surface area contributed by atoms with E-state index in [1.807, 2.05) is 19.1 Å². The topological polar surface area (TPSA) is 62.4 Å². The fourth-order valence-corrected chi connectivity index (χ4v) is 2.78. The third-order valence-electron chi connectivity index (χ3n) is 3.89. The maximum atomic E-state index is 9.33. The van der Waals surface area contributed by atoms with Crippen LogP contribution in [0.15, 0.2) is 28.8 Å². The van der Waals surface area contributed by atoms with Crippen molar-refractivity contribution in [2.24, 2.45) is 0 Å². The van der Waals surface area contributed by atoms with Gasteiger partial charge in [-0.1, -0.05) is 17.3 Å². The van der Waals surface area contributed by atoms with E-state index in [2.05, 4.69) is 15.0 Å². The van der Waals surface area contributed by atoms with E-state index in [-0.39, 0.29) is 0 Å². The summed E-state index contributed by atoms with van der Waals surface area (Å²) in [4.78, 5) is 6.61. The van der Waals surface area contributed by atoms with Crippen LogP contribution in [-0.4, -0.2) is 33.2 Å². The molecule has 1 saturated heterocycles. The molecule has 5 nitrogen and oxygen atoms in total. The highest BCUT2D eigenvalue weighted by Gasteiger charge is 2.21. The first-order valence-electron chi connectivity index (χ1n) is 7.01. The minimum absolute atomic E-state index is 0.332. The summed E-state index contributed by atoms with van der Waals surface area (Å²) in [5, 5.41) is 13.3. The van der Waals surface area contributed by atoms with E-state index in [9.17, 15) is 5.11 Å². The molecule has 0 amide bonds. The Hall–Kier alpha value is -1.88. The molecule has 3 rings (SSSR count). The molecule has 0 aliphatic carbocycles. The molecule has 1 aliphatic heterocycles. The van der Waals surface area contributed by atoms with Crippen LogP contribution >= 0.6 is 0 Å². The first kappa shape index (κ1) is 13.1. The molecule has 0 radical (unpaired) electrons. The summed E-state index contributed by atoms with van der Waals surface area (Å²) < 4.78 is 5.00. The molecule has 1 aromatic heterocycles. The zero-order valence-electron chi connectivity index (χ0n) is 11.6. The van der Waals surface area contributed by atoms with Gasteiger partial charge in [0.25, 0.3) is 0 Å². The van der Waals surface area contributed by atoms with Gasteiger partial charge in [0.1, 0.15) is 5.75 Å². The van der Waals surface area contributed by atoms with E-state index in [1.165, 1.54) is 5.56 Å². The van der Waals surface area contributed by atoms with E-state index in [0.717, 1.165) is 38.3 Å². The highest BCUT2D eigenvalue weighted by molar-refractivity contribution is 5.28. The van der Waals surface area contributed by atoms with Crippen molar-refractivity contribution in [2.75, 3.05) is 13.1 Å². The Morgan fingerprint density at radius 3 is 2.55 bits per heavy atom. The Kier molecular flexibility index (Phi) is 3.69. The zero-order valence-corrected chi connectivity index (χ0v) is 11.6. The maximum absolute atomic E-state index is 9.33. The molecular weight excluding hydrogens is 254 g/mol. The normalized spacial score (nSPS) is 17.4. The van der Waals surface area contributed by atoms with Crippen molar-refractivity contribution in [1.29, 1.82) is 0 Å². The maximum Gasteiger partial charge on any atom is 0.223 e. The fourth-order valence-electron chi connectivity index (χ4n) is 2.78. The number of benzene rings is 1. The average molecular weight is 273 g/mol. The van der Waals surface area contributed by atoms with E-state index in [4.69, 9.17) is 4.52 Å². The van der Waals surface area contributed by atoms with Gasteiger partial charge in [-0.15, -0.1) is 0 Å². The van der Waals surface area contributed by atoms with Crippen molar-refractivity contribution in [3.05, 3.63) is 41.5 Å². The van der Waals surface area contributed by atoms with E-state index < -0.39 is 0 Å². The molecule has 0 bridgehead atoms. The lowest BCUT2D eigenvalue weighted by atomic mass is 9.89. The van der Waals surface area contributed by atoms with Gasteiger partial charge in [-0.05, 0) is 49.5 Å². The van der Waals surface area contributed by atoms with Crippen LogP contribution < -0.4 is 0 Å². The number of aromatic nitrogens is 2. The van der Waals surface area contributed by atoms with Crippen molar-refractivity contribution >= 4 is 0 Å². The third kappa shape index (κ3) is 2.99. The second kappa shape index (κ2) is 5.63. The number of phenolic OH excluding ortho intramolecular Hbond substituents is 1. The minimum Gasteiger partial charge on any atom is -0.508 e. The van der Waals surface area contributed by atoms with Gasteiger partial charge in [0.05, 0.1) is 6.54 Å². The average Bonchev–Trinajstić information content (AvgIpc) is 2.86. The number of hydrogen-bond donors (Lipinski definition) is 1. The van der Waals surface area contributed by atoms with Crippen LogP contribution in [0.1, 0.15) is 36.0 Å². The monoisotopic (exact) mass is 273 g/mol. The summed E-state index contributed by atoms with van der Waals surface area (Å²) in [5.41, 5.74) is 1.32. The van der Waals surface area contributed by atoms with E-state index >= 15 is 0 Å². The zero-order chi connectivity index (χ0) is 13.9. The Labute approximate surface area is 118 Å². The smallest absolute Gasteiger partial charge is 0.223 e. The highest BCUT2D eigenvalue weighted by atomic mass is 16.5. The molecule has 0 spiro atoms. The second-order valence-electron chi connectivity index (χ2n) is 5.37. The first-order valence-corrected chi connectivity index (χ1v) is 7.01. The van der Waals surface area contributed by atoms with Crippen molar-refractivity contribution < 1.29 is 9.63 Å².